The minimum absolute atomic E-state index is 0.194. The number of likely N-dealkylation sites (N-methyl/N-ethyl adjacent to an activating group) is 1. The van der Waals surface area contributed by atoms with E-state index in [0.29, 0.717) is 5.88 Å². The van der Waals surface area contributed by atoms with Crippen molar-refractivity contribution in [3.05, 3.63) is 58.8 Å². The van der Waals surface area contributed by atoms with Crippen molar-refractivity contribution in [3.8, 4) is 5.88 Å². The van der Waals surface area contributed by atoms with Crippen LogP contribution in [0.3, 0.4) is 0 Å². The highest BCUT2D eigenvalue weighted by Crippen LogP contribution is 2.26. The molecule has 0 aliphatic rings. The van der Waals surface area contributed by atoms with Crippen molar-refractivity contribution in [2.24, 2.45) is 0 Å². The summed E-state index contributed by atoms with van der Waals surface area (Å²) < 4.78 is 5.37. The summed E-state index contributed by atoms with van der Waals surface area (Å²) in [5.74, 6) is 0.692. The fraction of sp³-hybridized carbons (Fsp3) is 0.353. The quantitative estimate of drug-likeness (QED) is 0.906. The van der Waals surface area contributed by atoms with E-state index in [-0.39, 0.29) is 6.04 Å². The average Bonchev–Trinajstić information content (AvgIpc) is 2.48. The number of hydrogen-bond acceptors (Lipinski definition) is 3. The van der Waals surface area contributed by atoms with Crippen LogP contribution in [0.1, 0.15) is 28.3 Å². The molecule has 3 nitrogen and oxygen atoms in total. The van der Waals surface area contributed by atoms with E-state index in [4.69, 9.17) is 4.74 Å². The molecule has 0 aliphatic carbocycles. The zero-order valence-corrected chi connectivity index (χ0v) is 12.6. The van der Waals surface area contributed by atoms with Crippen molar-refractivity contribution in [2.45, 2.75) is 26.3 Å². The molecule has 0 saturated heterocycles. The Morgan fingerprint density at radius 3 is 2.75 bits per heavy atom. The highest BCUT2D eigenvalue weighted by atomic mass is 16.5. The Hall–Kier alpha value is -1.87. The monoisotopic (exact) mass is 270 g/mol. The summed E-state index contributed by atoms with van der Waals surface area (Å²) in [5, 5.41) is 3.37. The first-order chi connectivity index (χ1) is 9.65. The number of hydrogen-bond donors (Lipinski definition) is 1. The van der Waals surface area contributed by atoms with Gasteiger partial charge in [-0.2, -0.15) is 0 Å². The van der Waals surface area contributed by atoms with Crippen LogP contribution in [-0.2, 0) is 6.42 Å². The molecule has 3 heteroatoms. The van der Waals surface area contributed by atoms with E-state index in [2.05, 4.69) is 48.4 Å². The van der Waals surface area contributed by atoms with Gasteiger partial charge >= 0.3 is 0 Å². The van der Waals surface area contributed by atoms with Crippen LogP contribution in [0.25, 0.3) is 0 Å². The molecule has 1 atom stereocenters. The van der Waals surface area contributed by atoms with Gasteiger partial charge in [0, 0.05) is 17.8 Å². The molecule has 0 aliphatic heterocycles. The average molecular weight is 270 g/mol. The normalized spacial score (nSPS) is 12.2. The minimum Gasteiger partial charge on any atom is -0.481 e. The van der Waals surface area contributed by atoms with Crippen molar-refractivity contribution in [3.63, 3.8) is 0 Å². The Morgan fingerprint density at radius 1 is 1.25 bits per heavy atom. The lowest BCUT2D eigenvalue weighted by molar-refractivity contribution is 0.384. The third kappa shape index (κ3) is 3.17. The molecule has 2 rings (SSSR count). The molecule has 0 amide bonds. The standard InChI is InChI=1S/C17H22N2O/c1-12-7-8-13(2)14(10-12)11-16(18-3)15-6-5-9-19-17(15)20-4/h5-10,16,18H,11H2,1-4H3. The van der Waals surface area contributed by atoms with E-state index in [1.165, 1.54) is 16.7 Å². The highest BCUT2D eigenvalue weighted by molar-refractivity contribution is 5.35. The molecular formula is C17H22N2O. The molecule has 1 unspecified atom stereocenters. The molecule has 20 heavy (non-hydrogen) atoms. The van der Waals surface area contributed by atoms with Gasteiger partial charge in [-0.3, -0.25) is 0 Å². The number of rotatable bonds is 5. The second-order valence-electron chi connectivity index (χ2n) is 5.08. The molecule has 1 N–H and O–H groups in total. The maximum absolute atomic E-state index is 5.37. The molecule has 1 aromatic carbocycles. The van der Waals surface area contributed by atoms with Gasteiger partial charge in [0.2, 0.25) is 5.88 Å². The first kappa shape index (κ1) is 14.5. The third-order valence-electron chi connectivity index (χ3n) is 3.65. The van der Waals surface area contributed by atoms with Gasteiger partial charge in [-0.1, -0.05) is 29.8 Å². The Balaban J connectivity index is 2.31. The van der Waals surface area contributed by atoms with Crippen LogP contribution in [0.2, 0.25) is 0 Å². The fourth-order valence-electron chi connectivity index (χ4n) is 2.45. The molecule has 1 heterocycles. The van der Waals surface area contributed by atoms with E-state index < -0.39 is 0 Å². The van der Waals surface area contributed by atoms with Gasteiger partial charge in [0.15, 0.2) is 0 Å². The van der Waals surface area contributed by atoms with Gasteiger partial charge in [-0.15, -0.1) is 0 Å². The number of benzene rings is 1. The van der Waals surface area contributed by atoms with Crippen LogP contribution >= 0.6 is 0 Å². The predicted molar refractivity (Wildman–Crippen MR) is 82.2 cm³/mol. The summed E-state index contributed by atoms with van der Waals surface area (Å²) >= 11 is 0. The van der Waals surface area contributed by atoms with Gasteiger partial charge < -0.3 is 10.1 Å². The van der Waals surface area contributed by atoms with Gasteiger partial charge in [0.05, 0.1) is 7.11 Å². The van der Waals surface area contributed by atoms with Crippen molar-refractivity contribution in [2.75, 3.05) is 14.2 Å². The molecule has 1 aromatic heterocycles. The number of nitrogens with one attached hydrogen (secondary N) is 1. The summed E-state index contributed by atoms with van der Waals surface area (Å²) in [7, 11) is 3.64. The molecule has 0 radical (unpaired) electrons. The number of ether oxygens (including phenoxy) is 1. The summed E-state index contributed by atoms with van der Waals surface area (Å²) in [4.78, 5) is 4.29. The Morgan fingerprint density at radius 2 is 2.05 bits per heavy atom. The summed E-state index contributed by atoms with van der Waals surface area (Å²) in [6.07, 6.45) is 2.68. The number of aryl methyl sites for hydroxylation is 2. The number of pyridine rings is 1. The number of aromatic nitrogens is 1. The van der Waals surface area contributed by atoms with Crippen molar-refractivity contribution >= 4 is 0 Å². The number of methoxy groups -OCH3 is 1. The first-order valence-corrected chi connectivity index (χ1v) is 6.88. The SMILES string of the molecule is CNC(Cc1cc(C)ccc1C)c1cccnc1OC. The van der Waals surface area contributed by atoms with E-state index in [1.807, 2.05) is 13.1 Å². The van der Waals surface area contributed by atoms with Gasteiger partial charge in [0.1, 0.15) is 0 Å². The van der Waals surface area contributed by atoms with E-state index in [0.717, 1.165) is 12.0 Å². The Bertz CT molecular complexity index is 581. The first-order valence-electron chi connectivity index (χ1n) is 6.88. The summed E-state index contributed by atoms with van der Waals surface area (Å²) in [6, 6.07) is 10.8. The van der Waals surface area contributed by atoms with E-state index >= 15 is 0 Å². The van der Waals surface area contributed by atoms with Crippen LogP contribution < -0.4 is 10.1 Å². The third-order valence-corrected chi connectivity index (χ3v) is 3.65. The largest absolute Gasteiger partial charge is 0.481 e. The zero-order valence-electron chi connectivity index (χ0n) is 12.6. The molecular weight excluding hydrogens is 248 g/mol. The topological polar surface area (TPSA) is 34.2 Å². The summed E-state index contributed by atoms with van der Waals surface area (Å²) in [6.45, 7) is 4.28. The smallest absolute Gasteiger partial charge is 0.217 e. The van der Waals surface area contributed by atoms with Crippen molar-refractivity contribution in [1.29, 1.82) is 0 Å². The van der Waals surface area contributed by atoms with Gasteiger partial charge in [-0.05, 0) is 44.5 Å². The van der Waals surface area contributed by atoms with Crippen molar-refractivity contribution in [1.82, 2.24) is 10.3 Å². The molecule has 0 fully saturated rings. The van der Waals surface area contributed by atoms with Gasteiger partial charge in [0.25, 0.3) is 0 Å². The van der Waals surface area contributed by atoms with Gasteiger partial charge in [-0.25, -0.2) is 4.98 Å². The van der Waals surface area contributed by atoms with E-state index in [1.54, 1.807) is 13.3 Å². The number of nitrogens with zero attached hydrogens (tertiary/aromatic N) is 1. The molecule has 2 aromatic rings. The highest BCUT2D eigenvalue weighted by Gasteiger charge is 2.16. The fourth-order valence-corrected chi connectivity index (χ4v) is 2.45. The lowest BCUT2D eigenvalue weighted by atomic mass is 9.95. The maximum Gasteiger partial charge on any atom is 0.217 e. The molecule has 0 bridgehead atoms. The lowest BCUT2D eigenvalue weighted by Gasteiger charge is -2.20. The van der Waals surface area contributed by atoms with Crippen LogP contribution in [0.5, 0.6) is 5.88 Å². The molecule has 0 saturated carbocycles. The zero-order chi connectivity index (χ0) is 14.5. The Kier molecular flexibility index (Phi) is 4.74. The minimum atomic E-state index is 0.194. The predicted octanol–water partition coefficient (Wildman–Crippen LogP) is 3.21. The van der Waals surface area contributed by atoms with E-state index in [9.17, 15) is 0 Å². The molecule has 106 valence electrons. The van der Waals surface area contributed by atoms with Crippen LogP contribution in [-0.4, -0.2) is 19.1 Å². The van der Waals surface area contributed by atoms with Crippen molar-refractivity contribution < 1.29 is 4.74 Å². The second-order valence-corrected chi connectivity index (χ2v) is 5.08. The van der Waals surface area contributed by atoms with Crippen LogP contribution in [0.15, 0.2) is 36.5 Å². The lowest BCUT2D eigenvalue weighted by Crippen LogP contribution is -2.20. The second kappa shape index (κ2) is 6.53. The van der Waals surface area contributed by atoms with Crippen LogP contribution in [0.4, 0.5) is 0 Å². The maximum atomic E-state index is 5.37. The Labute approximate surface area is 121 Å². The molecule has 0 spiro atoms. The van der Waals surface area contributed by atoms with Crippen LogP contribution in [0, 0.1) is 13.8 Å². The summed E-state index contributed by atoms with van der Waals surface area (Å²) in [5.41, 5.74) is 5.06.